The van der Waals surface area contributed by atoms with E-state index in [4.69, 9.17) is 15.5 Å². The molecule has 0 bridgehead atoms. The lowest BCUT2D eigenvalue weighted by molar-refractivity contribution is -0.121. The van der Waals surface area contributed by atoms with Crippen molar-refractivity contribution in [3.63, 3.8) is 0 Å². The van der Waals surface area contributed by atoms with Gasteiger partial charge in [0.2, 0.25) is 0 Å². The number of carbonyl (C=O) groups is 2. The Kier molecular flexibility index (Phi) is 5.12. The van der Waals surface area contributed by atoms with Gasteiger partial charge in [-0.05, 0) is 47.6 Å². The number of primary amides is 1. The Bertz CT molecular complexity index is 1120. The molecule has 1 atom stereocenters. The third kappa shape index (κ3) is 3.90. The van der Waals surface area contributed by atoms with Gasteiger partial charge < -0.3 is 10.5 Å². The van der Waals surface area contributed by atoms with Gasteiger partial charge in [0.05, 0.1) is 16.8 Å². The molecule has 0 aliphatic heterocycles. The molecule has 4 rings (SSSR count). The van der Waals surface area contributed by atoms with Crippen LogP contribution in [0.15, 0.2) is 54.6 Å². The minimum atomic E-state index is -0.677. The molecule has 1 amide bonds. The number of hydrogen-bond donors (Lipinski definition) is 1. The van der Waals surface area contributed by atoms with Gasteiger partial charge in [-0.2, -0.15) is 0 Å². The molecule has 0 saturated heterocycles. The number of pyridine rings is 1. The summed E-state index contributed by atoms with van der Waals surface area (Å²) in [4.78, 5) is 28.9. The van der Waals surface area contributed by atoms with E-state index >= 15 is 0 Å². The Hall–Kier alpha value is -3.47. The predicted molar refractivity (Wildman–Crippen MR) is 113 cm³/mol. The molecule has 0 fully saturated rings. The summed E-state index contributed by atoms with van der Waals surface area (Å²) in [5.74, 6) is -0.862. The van der Waals surface area contributed by atoms with Crippen molar-refractivity contribution in [2.24, 2.45) is 11.7 Å². The summed E-state index contributed by atoms with van der Waals surface area (Å²) in [5, 5.41) is 0.730. The number of aromatic nitrogens is 1. The normalized spacial score (nSPS) is 17.1. The molecule has 29 heavy (non-hydrogen) atoms. The molecule has 1 heterocycles. The highest BCUT2D eigenvalue weighted by Crippen LogP contribution is 2.38. The molecular formula is C24H22N2O3. The van der Waals surface area contributed by atoms with Crippen molar-refractivity contribution in [2.75, 3.05) is 6.61 Å². The zero-order chi connectivity index (χ0) is 20.4. The van der Waals surface area contributed by atoms with Crippen molar-refractivity contribution in [2.45, 2.75) is 19.8 Å². The summed E-state index contributed by atoms with van der Waals surface area (Å²) in [6.45, 7) is 1.72. The summed E-state index contributed by atoms with van der Waals surface area (Å²) in [6.07, 6.45) is 3.73. The number of allylic oxidation sites excluding steroid dienone is 1. The average Bonchev–Trinajstić information content (AvgIpc) is 2.71. The van der Waals surface area contributed by atoms with Gasteiger partial charge >= 0.3 is 5.97 Å². The van der Waals surface area contributed by atoms with Crippen molar-refractivity contribution in [3.05, 3.63) is 77.0 Å². The summed E-state index contributed by atoms with van der Waals surface area (Å²) in [6, 6.07) is 17.6. The molecule has 2 aromatic carbocycles. The van der Waals surface area contributed by atoms with Gasteiger partial charge in [0, 0.05) is 5.39 Å². The van der Waals surface area contributed by atoms with Gasteiger partial charge in [0.15, 0.2) is 6.61 Å². The molecule has 0 saturated carbocycles. The number of ether oxygens (including phenoxy) is 1. The molecule has 0 radical (unpaired) electrons. The van der Waals surface area contributed by atoms with E-state index in [0.717, 1.165) is 46.1 Å². The Balaban J connectivity index is 1.91. The van der Waals surface area contributed by atoms with Crippen molar-refractivity contribution in [3.8, 4) is 0 Å². The molecule has 1 aliphatic rings. The minimum Gasteiger partial charge on any atom is -0.452 e. The van der Waals surface area contributed by atoms with Gasteiger partial charge in [-0.3, -0.25) is 4.79 Å². The lowest BCUT2D eigenvalue weighted by Crippen LogP contribution is -2.23. The molecule has 5 heteroatoms. The number of nitrogens with zero attached hydrogens (tertiary/aromatic N) is 1. The van der Waals surface area contributed by atoms with Crippen LogP contribution in [0.2, 0.25) is 0 Å². The van der Waals surface area contributed by atoms with Crippen molar-refractivity contribution >= 4 is 34.4 Å². The average molecular weight is 386 g/mol. The van der Waals surface area contributed by atoms with Crippen molar-refractivity contribution in [1.29, 1.82) is 0 Å². The van der Waals surface area contributed by atoms with Crippen LogP contribution in [0.5, 0.6) is 0 Å². The van der Waals surface area contributed by atoms with E-state index in [2.05, 4.69) is 25.1 Å². The number of carbonyl (C=O) groups excluding carboxylic acids is 2. The first-order valence-electron chi connectivity index (χ1n) is 9.66. The Morgan fingerprint density at radius 1 is 1.10 bits per heavy atom. The first-order chi connectivity index (χ1) is 14.0. The fourth-order valence-electron chi connectivity index (χ4n) is 3.93. The number of amides is 1. The number of fused-ring (bicyclic) bond motifs is 2. The summed E-state index contributed by atoms with van der Waals surface area (Å²) in [5.41, 5.74) is 10.3. The van der Waals surface area contributed by atoms with Crippen LogP contribution in [-0.2, 0) is 16.0 Å². The molecule has 3 aromatic rings. The summed E-state index contributed by atoms with van der Waals surface area (Å²) < 4.78 is 5.19. The molecule has 1 aliphatic carbocycles. The third-order valence-corrected chi connectivity index (χ3v) is 5.11. The van der Waals surface area contributed by atoms with E-state index < -0.39 is 18.5 Å². The van der Waals surface area contributed by atoms with Gasteiger partial charge in [0.25, 0.3) is 5.91 Å². The summed E-state index contributed by atoms with van der Waals surface area (Å²) in [7, 11) is 0. The predicted octanol–water partition coefficient (Wildman–Crippen LogP) is 4.00. The van der Waals surface area contributed by atoms with Gasteiger partial charge in [-0.25, -0.2) is 9.78 Å². The number of benzene rings is 2. The standard InChI is InChI=1S/C24H22N2O3/c1-15-11-17(13-16-7-3-2-4-8-16)23-19(12-15)22(24(28)29-14-21(25)27)18-9-5-6-10-20(18)26-23/h2-10,13,15H,11-12,14H2,1H3,(H2,25,27). The van der Waals surface area contributed by atoms with E-state index in [9.17, 15) is 9.59 Å². The zero-order valence-electron chi connectivity index (χ0n) is 16.2. The molecule has 2 N–H and O–H groups in total. The van der Waals surface area contributed by atoms with Crippen LogP contribution >= 0.6 is 0 Å². The molecule has 1 unspecified atom stereocenters. The zero-order valence-corrected chi connectivity index (χ0v) is 16.2. The number of rotatable bonds is 4. The van der Waals surface area contributed by atoms with E-state index in [-0.39, 0.29) is 0 Å². The smallest absolute Gasteiger partial charge is 0.339 e. The van der Waals surface area contributed by atoms with Crippen LogP contribution < -0.4 is 5.73 Å². The van der Waals surface area contributed by atoms with Gasteiger partial charge in [-0.1, -0.05) is 55.5 Å². The monoisotopic (exact) mass is 386 g/mol. The van der Waals surface area contributed by atoms with Gasteiger partial charge in [-0.15, -0.1) is 0 Å². The van der Waals surface area contributed by atoms with E-state index in [0.29, 0.717) is 11.5 Å². The Morgan fingerprint density at radius 2 is 1.83 bits per heavy atom. The maximum absolute atomic E-state index is 12.9. The second kappa shape index (κ2) is 7.87. The maximum Gasteiger partial charge on any atom is 0.339 e. The second-order valence-electron chi connectivity index (χ2n) is 7.47. The number of esters is 1. The molecule has 5 nitrogen and oxygen atoms in total. The number of nitrogens with two attached hydrogens (primary N) is 1. The van der Waals surface area contributed by atoms with Crippen molar-refractivity contribution < 1.29 is 14.3 Å². The quantitative estimate of drug-likeness (QED) is 0.687. The third-order valence-electron chi connectivity index (χ3n) is 5.11. The van der Waals surface area contributed by atoms with Crippen molar-refractivity contribution in [1.82, 2.24) is 4.98 Å². The summed E-state index contributed by atoms with van der Waals surface area (Å²) >= 11 is 0. The van der Waals surface area contributed by atoms with Gasteiger partial charge in [0.1, 0.15) is 0 Å². The van der Waals surface area contributed by atoms with E-state index in [1.807, 2.05) is 42.5 Å². The molecule has 0 spiro atoms. The fourth-order valence-corrected chi connectivity index (χ4v) is 3.93. The van der Waals surface area contributed by atoms with Crippen LogP contribution in [0, 0.1) is 5.92 Å². The van der Waals surface area contributed by atoms with E-state index in [1.54, 1.807) is 0 Å². The highest BCUT2D eigenvalue weighted by Gasteiger charge is 2.28. The fraction of sp³-hybridized carbons (Fsp3) is 0.208. The number of hydrogen-bond acceptors (Lipinski definition) is 4. The first-order valence-corrected chi connectivity index (χ1v) is 9.66. The van der Waals surface area contributed by atoms with Crippen LogP contribution in [-0.4, -0.2) is 23.5 Å². The lowest BCUT2D eigenvalue weighted by atomic mass is 9.80. The van der Waals surface area contributed by atoms with Crippen LogP contribution in [0.4, 0.5) is 0 Å². The van der Waals surface area contributed by atoms with Crippen LogP contribution in [0.3, 0.4) is 0 Å². The second-order valence-corrected chi connectivity index (χ2v) is 7.47. The molecule has 146 valence electrons. The molecular weight excluding hydrogens is 364 g/mol. The molecule has 1 aromatic heterocycles. The lowest BCUT2D eigenvalue weighted by Gasteiger charge is -2.26. The van der Waals surface area contributed by atoms with Crippen LogP contribution in [0.25, 0.3) is 22.6 Å². The largest absolute Gasteiger partial charge is 0.452 e. The topological polar surface area (TPSA) is 82.3 Å². The minimum absolute atomic E-state index is 0.350. The SMILES string of the molecule is CC1CC(=Cc2ccccc2)c2nc3ccccc3c(C(=O)OCC(N)=O)c2C1. The van der Waals surface area contributed by atoms with Crippen LogP contribution in [0.1, 0.15) is 40.5 Å². The van der Waals surface area contributed by atoms with E-state index in [1.165, 1.54) is 0 Å². The Morgan fingerprint density at radius 3 is 2.59 bits per heavy atom. The highest BCUT2D eigenvalue weighted by atomic mass is 16.5. The Labute approximate surface area is 169 Å². The number of para-hydroxylation sites is 1. The highest BCUT2D eigenvalue weighted by molar-refractivity contribution is 6.07. The first kappa shape index (κ1) is 18.9. The maximum atomic E-state index is 12.9.